The van der Waals surface area contributed by atoms with Gasteiger partial charge in [-0.3, -0.25) is 0 Å². The first-order valence-electron chi connectivity index (χ1n) is 8.06. The van der Waals surface area contributed by atoms with Crippen LogP contribution < -0.4 is 0 Å². The molecule has 2 aromatic heterocycles. The molecule has 7 nitrogen and oxygen atoms in total. The van der Waals surface area contributed by atoms with Gasteiger partial charge in [-0.15, -0.1) is 5.10 Å². The summed E-state index contributed by atoms with van der Waals surface area (Å²) in [4.78, 5) is 4.11. The second kappa shape index (κ2) is 7.24. The van der Waals surface area contributed by atoms with Crippen LogP contribution in [-0.2, 0) is 11.3 Å². The predicted octanol–water partition coefficient (Wildman–Crippen LogP) is 3.55. The van der Waals surface area contributed by atoms with E-state index < -0.39 is 17.5 Å². The topological polar surface area (TPSA) is 78.9 Å². The van der Waals surface area contributed by atoms with Crippen molar-refractivity contribution in [3.8, 4) is 28.7 Å². The van der Waals surface area contributed by atoms with Crippen molar-refractivity contribution in [3.05, 3.63) is 65.6 Å². The van der Waals surface area contributed by atoms with Gasteiger partial charge in [0.25, 0.3) is 5.89 Å². The molecule has 0 atom stereocenters. The van der Waals surface area contributed by atoms with Crippen LogP contribution in [0.5, 0.6) is 0 Å². The molecule has 0 N–H and O–H groups in total. The number of aromatic nitrogens is 5. The van der Waals surface area contributed by atoms with Gasteiger partial charge >= 0.3 is 0 Å². The third-order valence-corrected chi connectivity index (χ3v) is 3.93. The monoisotopic (exact) mass is 387 g/mol. The number of hydrogen-bond donors (Lipinski definition) is 0. The van der Waals surface area contributed by atoms with Crippen molar-refractivity contribution in [2.75, 3.05) is 7.11 Å². The minimum absolute atomic E-state index is 0.0271. The molecular weight excluding hydrogens is 375 g/mol. The molecule has 142 valence electrons. The molecule has 0 saturated heterocycles. The highest BCUT2D eigenvalue weighted by atomic mass is 19.1. The van der Waals surface area contributed by atoms with Crippen molar-refractivity contribution in [2.24, 2.45) is 0 Å². The van der Waals surface area contributed by atoms with Crippen LogP contribution in [0.25, 0.3) is 28.7 Å². The molecule has 0 amide bonds. The normalized spacial score (nSPS) is 11.1. The average molecular weight is 387 g/mol. The molecule has 4 rings (SSSR count). The highest BCUT2D eigenvalue weighted by Crippen LogP contribution is 2.27. The van der Waals surface area contributed by atoms with Gasteiger partial charge in [-0.25, -0.2) is 17.9 Å². The standard InChI is InChI=1S/C18H12F3N5O2/c1-27-9-15-16(23-25-26(15)14-5-3-2-4-12(14)20)18-22-17(24-28-18)11-7-6-10(19)8-13(11)21/h2-8H,9H2,1H3. The van der Waals surface area contributed by atoms with Crippen LogP contribution in [0.3, 0.4) is 0 Å². The SMILES string of the molecule is COCc1c(-c2nc(-c3ccc(F)cc3F)no2)nnn1-c1ccccc1F. The third kappa shape index (κ3) is 3.14. The second-order valence-corrected chi connectivity index (χ2v) is 5.73. The summed E-state index contributed by atoms with van der Waals surface area (Å²) in [6.07, 6.45) is 0. The van der Waals surface area contributed by atoms with Gasteiger partial charge in [0.1, 0.15) is 28.8 Å². The Hall–Kier alpha value is -3.53. The van der Waals surface area contributed by atoms with Gasteiger partial charge in [0.2, 0.25) is 5.82 Å². The van der Waals surface area contributed by atoms with Gasteiger partial charge in [-0.2, -0.15) is 4.98 Å². The number of halogens is 3. The molecule has 10 heteroatoms. The highest BCUT2D eigenvalue weighted by Gasteiger charge is 2.23. The predicted molar refractivity (Wildman–Crippen MR) is 90.7 cm³/mol. The third-order valence-electron chi connectivity index (χ3n) is 3.93. The lowest BCUT2D eigenvalue weighted by molar-refractivity contribution is 0.179. The Morgan fingerprint density at radius 1 is 1.07 bits per heavy atom. The van der Waals surface area contributed by atoms with Crippen LogP contribution in [0.15, 0.2) is 47.0 Å². The summed E-state index contributed by atoms with van der Waals surface area (Å²) in [5, 5.41) is 11.6. The fourth-order valence-corrected chi connectivity index (χ4v) is 2.65. The van der Waals surface area contributed by atoms with Crippen molar-refractivity contribution in [2.45, 2.75) is 6.61 Å². The van der Waals surface area contributed by atoms with Crippen LogP contribution in [0.1, 0.15) is 5.69 Å². The Morgan fingerprint density at radius 2 is 1.89 bits per heavy atom. The van der Waals surface area contributed by atoms with Crippen LogP contribution in [0.2, 0.25) is 0 Å². The molecular formula is C18H12F3N5O2. The maximum atomic E-state index is 14.2. The van der Waals surface area contributed by atoms with Gasteiger partial charge in [0, 0.05) is 13.2 Å². The Kier molecular flexibility index (Phi) is 4.62. The number of benzene rings is 2. The summed E-state index contributed by atoms with van der Waals surface area (Å²) in [6.45, 7) is 0.0271. The molecule has 0 saturated carbocycles. The molecule has 0 bridgehead atoms. The number of methoxy groups -OCH3 is 1. The molecule has 2 aromatic carbocycles. The van der Waals surface area contributed by atoms with E-state index in [2.05, 4.69) is 20.5 Å². The van der Waals surface area contributed by atoms with E-state index in [1.807, 2.05) is 0 Å². The molecule has 0 spiro atoms. The number of ether oxygens (including phenoxy) is 1. The van der Waals surface area contributed by atoms with Gasteiger partial charge in [-0.1, -0.05) is 22.5 Å². The Balaban J connectivity index is 1.78. The van der Waals surface area contributed by atoms with Crippen molar-refractivity contribution < 1.29 is 22.4 Å². The summed E-state index contributed by atoms with van der Waals surface area (Å²) < 4.78 is 52.8. The van der Waals surface area contributed by atoms with E-state index >= 15 is 0 Å². The van der Waals surface area contributed by atoms with E-state index in [1.165, 1.54) is 30.0 Å². The van der Waals surface area contributed by atoms with Crippen LogP contribution in [-0.4, -0.2) is 32.2 Å². The molecule has 2 heterocycles. The van der Waals surface area contributed by atoms with E-state index in [9.17, 15) is 13.2 Å². The summed E-state index contributed by atoms with van der Waals surface area (Å²) in [7, 11) is 1.45. The first kappa shape index (κ1) is 17.9. The maximum Gasteiger partial charge on any atom is 0.280 e. The number of nitrogens with zero attached hydrogens (tertiary/aromatic N) is 5. The van der Waals surface area contributed by atoms with Crippen molar-refractivity contribution in [1.29, 1.82) is 0 Å². The maximum absolute atomic E-state index is 14.2. The second-order valence-electron chi connectivity index (χ2n) is 5.73. The Bertz CT molecular complexity index is 1140. The van der Waals surface area contributed by atoms with Crippen LogP contribution in [0, 0.1) is 17.5 Å². The summed E-state index contributed by atoms with van der Waals surface area (Å²) in [5.41, 5.74) is 0.651. The van der Waals surface area contributed by atoms with Crippen molar-refractivity contribution >= 4 is 0 Å². The van der Waals surface area contributed by atoms with Crippen molar-refractivity contribution in [3.63, 3.8) is 0 Å². The van der Waals surface area contributed by atoms with Gasteiger partial charge in [0.15, 0.2) is 5.69 Å². The quantitative estimate of drug-likeness (QED) is 0.521. The van der Waals surface area contributed by atoms with Crippen LogP contribution in [0.4, 0.5) is 13.2 Å². The minimum Gasteiger partial charge on any atom is -0.378 e. The number of rotatable bonds is 5. The molecule has 0 radical (unpaired) electrons. The van der Waals surface area contributed by atoms with E-state index in [4.69, 9.17) is 9.26 Å². The lowest BCUT2D eigenvalue weighted by atomic mass is 10.2. The Labute approximate surface area is 156 Å². The molecule has 0 aliphatic heterocycles. The highest BCUT2D eigenvalue weighted by molar-refractivity contribution is 5.59. The lowest BCUT2D eigenvalue weighted by Crippen LogP contribution is -2.06. The average Bonchev–Trinajstić information content (AvgIpc) is 3.30. The summed E-state index contributed by atoms with van der Waals surface area (Å²) in [5.74, 6) is -2.21. The zero-order chi connectivity index (χ0) is 19.7. The van der Waals surface area contributed by atoms with Crippen molar-refractivity contribution in [1.82, 2.24) is 25.1 Å². The first-order valence-corrected chi connectivity index (χ1v) is 8.06. The first-order chi connectivity index (χ1) is 13.6. The molecule has 0 aliphatic carbocycles. The lowest BCUT2D eigenvalue weighted by Gasteiger charge is -2.06. The molecule has 28 heavy (non-hydrogen) atoms. The van der Waals surface area contributed by atoms with E-state index in [1.54, 1.807) is 12.1 Å². The molecule has 0 unspecified atom stereocenters. The zero-order valence-corrected chi connectivity index (χ0v) is 14.4. The van der Waals surface area contributed by atoms with E-state index in [0.29, 0.717) is 5.69 Å². The number of para-hydroxylation sites is 1. The van der Waals surface area contributed by atoms with E-state index in [0.717, 1.165) is 12.1 Å². The smallest absolute Gasteiger partial charge is 0.280 e. The van der Waals surface area contributed by atoms with Gasteiger partial charge < -0.3 is 9.26 Å². The van der Waals surface area contributed by atoms with E-state index in [-0.39, 0.29) is 35.3 Å². The zero-order valence-electron chi connectivity index (χ0n) is 14.4. The Morgan fingerprint density at radius 3 is 2.64 bits per heavy atom. The van der Waals surface area contributed by atoms with Gasteiger partial charge in [-0.05, 0) is 24.3 Å². The fourth-order valence-electron chi connectivity index (χ4n) is 2.65. The minimum atomic E-state index is -0.834. The summed E-state index contributed by atoms with van der Waals surface area (Å²) >= 11 is 0. The summed E-state index contributed by atoms with van der Waals surface area (Å²) in [6, 6.07) is 9.02. The molecule has 0 aliphatic rings. The largest absolute Gasteiger partial charge is 0.378 e. The molecule has 0 fully saturated rings. The molecule has 4 aromatic rings. The number of hydrogen-bond acceptors (Lipinski definition) is 6. The van der Waals surface area contributed by atoms with Gasteiger partial charge in [0.05, 0.1) is 12.2 Å². The van der Waals surface area contributed by atoms with Crippen LogP contribution >= 0.6 is 0 Å². The fraction of sp³-hybridized carbons (Fsp3) is 0.111.